The molecule has 0 aliphatic heterocycles. The van der Waals surface area contributed by atoms with Crippen molar-refractivity contribution in [3.63, 3.8) is 0 Å². The Hall–Kier alpha value is -5.24. The van der Waals surface area contributed by atoms with Crippen LogP contribution in [0.2, 0.25) is 0 Å². The second-order valence-electron chi connectivity index (χ2n) is 9.65. The molecule has 4 aromatic carbocycles. The van der Waals surface area contributed by atoms with Crippen molar-refractivity contribution in [1.82, 2.24) is 9.78 Å². The van der Waals surface area contributed by atoms with E-state index in [0.717, 1.165) is 16.7 Å². The number of nitrogens with zero attached hydrogens (tertiary/aromatic N) is 2. The van der Waals surface area contributed by atoms with Crippen LogP contribution in [-0.4, -0.2) is 27.9 Å². The van der Waals surface area contributed by atoms with E-state index in [1.807, 2.05) is 97.9 Å². The van der Waals surface area contributed by atoms with E-state index in [2.05, 4.69) is 10.4 Å². The van der Waals surface area contributed by atoms with Gasteiger partial charge in [-0.05, 0) is 41.8 Å². The van der Waals surface area contributed by atoms with Crippen molar-refractivity contribution in [3.05, 3.63) is 144 Å². The lowest BCUT2D eigenvalue weighted by Crippen LogP contribution is -2.39. The third kappa shape index (κ3) is 6.50. The molecule has 7 nitrogen and oxygen atoms in total. The van der Waals surface area contributed by atoms with E-state index in [4.69, 9.17) is 10.5 Å². The smallest absolute Gasteiger partial charge is 0.405 e. The molecular weight excluding hydrogens is 519 g/mol. The molecule has 5 rings (SSSR count). The van der Waals surface area contributed by atoms with Gasteiger partial charge in [0.15, 0.2) is 6.10 Å². The third-order valence-corrected chi connectivity index (χ3v) is 6.78. The topological polar surface area (TPSA) is 99.2 Å². The van der Waals surface area contributed by atoms with Crippen molar-refractivity contribution in [1.29, 1.82) is 0 Å². The lowest BCUT2D eigenvalue weighted by Gasteiger charge is -2.26. The Bertz CT molecular complexity index is 1600. The summed E-state index contributed by atoms with van der Waals surface area (Å²) in [7, 11) is 0. The molecule has 1 atom stereocenters. The van der Waals surface area contributed by atoms with Gasteiger partial charge in [-0.1, -0.05) is 91.0 Å². The molecule has 8 heteroatoms. The summed E-state index contributed by atoms with van der Waals surface area (Å²) in [5.74, 6) is -1.81. The first-order chi connectivity index (χ1) is 19.9. The van der Waals surface area contributed by atoms with Gasteiger partial charge in [0.1, 0.15) is 5.82 Å². The average molecular weight is 549 g/mol. The number of anilines is 1. The van der Waals surface area contributed by atoms with Crippen molar-refractivity contribution in [2.24, 2.45) is 5.73 Å². The molecule has 1 heterocycles. The van der Waals surface area contributed by atoms with Gasteiger partial charge in [0, 0.05) is 23.0 Å². The van der Waals surface area contributed by atoms with Crippen molar-refractivity contribution in [3.8, 4) is 11.1 Å². The highest BCUT2D eigenvalue weighted by Gasteiger charge is 2.34. The molecule has 0 fully saturated rings. The molecule has 2 amide bonds. The maximum absolute atomic E-state index is 15.4. The Balaban J connectivity index is 1.40. The van der Waals surface area contributed by atoms with Gasteiger partial charge in [-0.25, -0.2) is 9.18 Å². The maximum atomic E-state index is 15.4. The van der Waals surface area contributed by atoms with E-state index >= 15 is 4.39 Å². The summed E-state index contributed by atoms with van der Waals surface area (Å²) in [6, 6.07) is 32.7. The number of amides is 2. The van der Waals surface area contributed by atoms with Gasteiger partial charge in [0.25, 0.3) is 5.91 Å². The van der Waals surface area contributed by atoms with Crippen LogP contribution in [0.5, 0.6) is 0 Å². The zero-order valence-electron chi connectivity index (χ0n) is 22.4. The van der Waals surface area contributed by atoms with Gasteiger partial charge < -0.3 is 15.8 Å². The SMILES string of the molecule is Cc1nn(Cc2ccccc2)cc1-c1ccc(NC(=O)C(OC(N)=O)C(c2ccccc2)c2ccccc2)cc1F. The molecule has 0 radical (unpaired) electrons. The third-order valence-electron chi connectivity index (χ3n) is 6.78. The van der Waals surface area contributed by atoms with E-state index in [9.17, 15) is 9.59 Å². The molecule has 0 spiro atoms. The summed E-state index contributed by atoms with van der Waals surface area (Å²) >= 11 is 0. The number of halogens is 1. The first-order valence-corrected chi connectivity index (χ1v) is 13.1. The lowest BCUT2D eigenvalue weighted by molar-refractivity contribution is -0.124. The van der Waals surface area contributed by atoms with Gasteiger partial charge in [-0.2, -0.15) is 5.10 Å². The molecule has 0 bridgehead atoms. The van der Waals surface area contributed by atoms with Gasteiger partial charge in [0.05, 0.1) is 18.2 Å². The zero-order valence-corrected chi connectivity index (χ0v) is 22.4. The van der Waals surface area contributed by atoms with E-state index < -0.39 is 29.8 Å². The summed E-state index contributed by atoms with van der Waals surface area (Å²) in [5, 5.41) is 7.25. The number of aryl methyl sites for hydroxylation is 1. The Labute approximate surface area is 237 Å². The number of carbonyl (C=O) groups excluding carboxylic acids is 2. The highest BCUT2D eigenvalue weighted by molar-refractivity contribution is 5.96. The van der Waals surface area contributed by atoms with Crippen molar-refractivity contribution in [2.45, 2.75) is 25.5 Å². The molecular formula is C33H29FN4O3. The fourth-order valence-corrected chi connectivity index (χ4v) is 4.92. The first kappa shape index (κ1) is 27.3. The van der Waals surface area contributed by atoms with Crippen LogP contribution < -0.4 is 11.1 Å². The number of carbonyl (C=O) groups is 2. The molecule has 206 valence electrons. The molecule has 5 aromatic rings. The Morgan fingerprint density at radius 1 is 0.878 bits per heavy atom. The number of ether oxygens (including phenoxy) is 1. The van der Waals surface area contributed by atoms with Crippen LogP contribution in [0.15, 0.2) is 115 Å². The van der Waals surface area contributed by atoms with E-state index in [1.165, 1.54) is 6.07 Å². The Kier molecular flexibility index (Phi) is 8.20. The minimum atomic E-state index is -1.31. The largest absolute Gasteiger partial charge is 0.435 e. The quantitative estimate of drug-likeness (QED) is 0.226. The predicted octanol–water partition coefficient (Wildman–Crippen LogP) is 6.28. The van der Waals surface area contributed by atoms with Crippen LogP contribution in [0.3, 0.4) is 0 Å². The molecule has 0 aliphatic carbocycles. The molecule has 0 saturated heterocycles. The summed E-state index contributed by atoms with van der Waals surface area (Å²) < 4.78 is 22.5. The fourth-order valence-electron chi connectivity index (χ4n) is 4.92. The average Bonchev–Trinajstić information content (AvgIpc) is 3.33. The normalized spacial score (nSPS) is 11.7. The van der Waals surface area contributed by atoms with E-state index in [0.29, 0.717) is 23.4 Å². The van der Waals surface area contributed by atoms with Crippen LogP contribution >= 0.6 is 0 Å². The minimum Gasteiger partial charge on any atom is -0.435 e. The number of primary amides is 1. The predicted molar refractivity (Wildman–Crippen MR) is 156 cm³/mol. The minimum absolute atomic E-state index is 0.212. The second-order valence-corrected chi connectivity index (χ2v) is 9.65. The molecule has 0 saturated carbocycles. The number of rotatable bonds is 9. The standard InChI is InChI=1S/C33H29FN4O3/c1-22-28(21-38(37-22)20-23-11-5-2-6-12-23)27-18-17-26(19-29(27)34)36-32(39)31(41-33(35)40)30(24-13-7-3-8-14-24)25-15-9-4-10-16-25/h2-19,21,30-31H,20H2,1H3,(H2,35,40)(H,36,39). The lowest BCUT2D eigenvalue weighted by atomic mass is 9.86. The molecule has 1 aromatic heterocycles. The van der Waals surface area contributed by atoms with E-state index in [1.54, 1.807) is 23.0 Å². The van der Waals surface area contributed by atoms with E-state index in [-0.39, 0.29) is 5.69 Å². The first-order valence-electron chi connectivity index (χ1n) is 13.1. The summed E-state index contributed by atoms with van der Waals surface area (Å²) in [4.78, 5) is 25.4. The second kappa shape index (κ2) is 12.3. The molecule has 0 aliphatic rings. The van der Waals surface area contributed by atoms with Crippen LogP contribution in [0.1, 0.15) is 28.3 Å². The monoisotopic (exact) mass is 548 g/mol. The van der Waals surface area contributed by atoms with Gasteiger partial charge in [-0.15, -0.1) is 0 Å². The summed E-state index contributed by atoms with van der Waals surface area (Å²) in [6.07, 6.45) is -0.593. The number of hydrogen-bond donors (Lipinski definition) is 2. The Morgan fingerprint density at radius 3 is 2.02 bits per heavy atom. The number of nitrogens with two attached hydrogens (primary N) is 1. The number of hydrogen-bond acceptors (Lipinski definition) is 4. The maximum Gasteiger partial charge on any atom is 0.405 e. The van der Waals surface area contributed by atoms with Crippen LogP contribution in [0.25, 0.3) is 11.1 Å². The summed E-state index contributed by atoms with van der Waals surface area (Å²) in [6.45, 7) is 2.38. The number of aromatic nitrogens is 2. The van der Waals surface area contributed by atoms with Gasteiger partial charge in [0.2, 0.25) is 0 Å². The molecule has 41 heavy (non-hydrogen) atoms. The van der Waals surface area contributed by atoms with Crippen LogP contribution in [-0.2, 0) is 16.1 Å². The zero-order chi connectivity index (χ0) is 28.8. The molecule has 1 unspecified atom stereocenters. The number of benzene rings is 4. The highest BCUT2D eigenvalue weighted by Crippen LogP contribution is 2.32. The van der Waals surface area contributed by atoms with Crippen molar-refractivity contribution >= 4 is 17.7 Å². The van der Waals surface area contributed by atoms with Crippen LogP contribution in [0.4, 0.5) is 14.9 Å². The summed E-state index contributed by atoms with van der Waals surface area (Å²) in [5.41, 5.74) is 9.87. The fraction of sp³-hybridized carbons (Fsp3) is 0.121. The van der Waals surface area contributed by atoms with Gasteiger partial charge in [-0.3, -0.25) is 9.48 Å². The number of nitrogens with one attached hydrogen (secondary N) is 1. The Morgan fingerprint density at radius 2 is 1.46 bits per heavy atom. The molecule has 3 N–H and O–H groups in total. The van der Waals surface area contributed by atoms with Crippen molar-refractivity contribution < 1.29 is 18.7 Å². The highest BCUT2D eigenvalue weighted by atomic mass is 19.1. The van der Waals surface area contributed by atoms with Crippen LogP contribution in [0, 0.1) is 12.7 Å². The van der Waals surface area contributed by atoms with Gasteiger partial charge >= 0.3 is 6.09 Å². The van der Waals surface area contributed by atoms with Crippen molar-refractivity contribution in [2.75, 3.05) is 5.32 Å².